The number of hydrogen-bond donors (Lipinski definition) is 2. The lowest BCUT2D eigenvalue weighted by Gasteiger charge is -2.19. The van der Waals surface area contributed by atoms with Gasteiger partial charge in [-0.15, -0.1) is 0 Å². The normalized spacial score (nSPS) is 14.6. The van der Waals surface area contributed by atoms with Gasteiger partial charge in [0.15, 0.2) is 11.6 Å². The standard InChI is InChI=1S/C12H18FNO2/c1-4-16-11-6-5-9(7-10(11)13)12(15)8(2)14-3/h5-8,12,14-15H,4H2,1-3H3. The second-order valence-corrected chi connectivity index (χ2v) is 3.65. The van der Waals surface area contributed by atoms with E-state index >= 15 is 0 Å². The second-order valence-electron chi connectivity index (χ2n) is 3.65. The van der Waals surface area contributed by atoms with Crippen molar-refractivity contribution in [3.8, 4) is 5.75 Å². The highest BCUT2D eigenvalue weighted by Crippen LogP contribution is 2.23. The second kappa shape index (κ2) is 5.82. The Morgan fingerprint density at radius 3 is 2.69 bits per heavy atom. The first kappa shape index (κ1) is 12.9. The number of hydrogen-bond acceptors (Lipinski definition) is 3. The van der Waals surface area contributed by atoms with Crippen LogP contribution < -0.4 is 10.1 Å². The Labute approximate surface area is 95.2 Å². The van der Waals surface area contributed by atoms with Gasteiger partial charge in [0.05, 0.1) is 12.7 Å². The van der Waals surface area contributed by atoms with Crippen LogP contribution in [0.4, 0.5) is 4.39 Å². The van der Waals surface area contributed by atoms with Gasteiger partial charge in [0.1, 0.15) is 0 Å². The van der Waals surface area contributed by atoms with Crippen molar-refractivity contribution < 1.29 is 14.2 Å². The molecule has 2 atom stereocenters. The Kier molecular flexibility index (Phi) is 4.71. The maximum Gasteiger partial charge on any atom is 0.165 e. The van der Waals surface area contributed by atoms with Crippen LogP contribution in [-0.4, -0.2) is 24.8 Å². The first-order valence-electron chi connectivity index (χ1n) is 5.37. The summed E-state index contributed by atoms with van der Waals surface area (Å²) in [6.07, 6.45) is -0.727. The van der Waals surface area contributed by atoms with Gasteiger partial charge in [-0.2, -0.15) is 0 Å². The molecule has 0 bridgehead atoms. The van der Waals surface area contributed by atoms with Crippen LogP contribution in [0, 0.1) is 5.82 Å². The molecule has 1 aromatic carbocycles. The summed E-state index contributed by atoms with van der Waals surface area (Å²) in [5.41, 5.74) is 0.544. The number of aliphatic hydroxyl groups excluding tert-OH is 1. The minimum absolute atomic E-state index is 0.127. The fourth-order valence-corrected chi connectivity index (χ4v) is 1.42. The molecule has 1 rings (SSSR count). The summed E-state index contributed by atoms with van der Waals surface area (Å²) in [6, 6.07) is 4.40. The zero-order chi connectivity index (χ0) is 12.1. The van der Waals surface area contributed by atoms with Gasteiger partial charge in [-0.05, 0) is 38.6 Å². The lowest BCUT2D eigenvalue weighted by atomic mass is 10.0. The molecule has 0 aliphatic heterocycles. The highest BCUT2D eigenvalue weighted by molar-refractivity contribution is 5.31. The first-order chi connectivity index (χ1) is 7.60. The van der Waals surface area contributed by atoms with Crippen LogP contribution in [0.3, 0.4) is 0 Å². The summed E-state index contributed by atoms with van der Waals surface area (Å²) in [4.78, 5) is 0. The fraction of sp³-hybridized carbons (Fsp3) is 0.500. The third-order valence-corrected chi connectivity index (χ3v) is 2.53. The van der Waals surface area contributed by atoms with Gasteiger partial charge < -0.3 is 15.2 Å². The molecule has 0 radical (unpaired) electrons. The van der Waals surface area contributed by atoms with Gasteiger partial charge in [-0.25, -0.2) is 4.39 Å². The number of ether oxygens (including phenoxy) is 1. The number of benzene rings is 1. The molecule has 0 saturated heterocycles. The van der Waals surface area contributed by atoms with Crippen molar-refractivity contribution in [1.29, 1.82) is 0 Å². The molecule has 0 fully saturated rings. The topological polar surface area (TPSA) is 41.5 Å². The van der Waals surface area contributed by atoms with E-state index in [1.54, 1.807) is 26.1 Å². The molecule has 16 heavy (non-hydrogen) atoms. The lowest BCUT2D eigenvalue weighted by molar-refractivity contribution is 0.139. The molecule has 1 aromatic rings. The van der Waals surface area contributed by atoms with Gasteiger partial charge in [-0.3, -0.25) is 0 Å². The highest BCUT2D eigenvalue weighted by Gasteiger charge is 2.16. The van der Waals surface area contributed by atoms with E-state index in [4.69, 9.17) is 4.74 Å². The van der Waals surface area contributed by atoms with E-state index in [0.29, 0.717) is 12.2 Å². The maximum atomic E-state index is 13.5. The molecular weight excluding hydrogens is 209 g/mol. The van der Waals surface area contributed by atoms with Crippen LogP contribution in [0.15, 0.2) is 18.2 Å². The van der Waals surface area contributed by atoms with Gasteiger partial charge in [0.2, 0.25) is 0 Å². The Bertz CT molecular complexity index is 344. The molecule has 0 heterocycles. The van der Waals surface area contributed by atoms with Crippen LogP contribution in [-0.2, 0) is 0 Å². The molecule has 2 unspecified atom stereocenters. The molecule has 3 nitrogen and oxygen atoms in total. The molecule has 0 saturated carbocycles. The van der Waals surface area contributed by atoms with Crippen LogP contribution in [0.2, 0.25) is 0 Å². The van der Waals surface area contributed by atoms with Gasteiger partial charge in [-0.1, -0.05) is 6.07 Å². The smallest absolute Gasteiger partial charge is 0.165 e. The van der Waals surface area contributed by atoms with Crippen LogP contribution in [0.5, 0.6) is 5.75 Å². The summed E-state index contributed by atoms with van der Waals surface area (Å²) in [7, 11) is 1.75. The van der Waals surface area contributed by atoms with Crippen molar-refractivity contribution in [2.45, 2.75) is 26.0 Å². The average Bonchev–Trinajstić information content (AvgIpc) is 2.30. The molecule has 0 aliphatic carbocycles. The predicted octanol–water partition coefficient (Wildman–Crippen LogP) is 1.87. The van der Waals surface area contributed by atoms with E-state index in [1.165, 1.54) is 6.07 Å². The molecular formula is C12H18FNO2. The number of nitrogens with one attached hydrogen (secondary N) is 1. The quantitative estimate of drug-likeness (QED) is 0.806. The summed E-state index contributed by atoms with van der Waals surface area (Å²) >= 11 is 0. The minimum Gasteiger partial charge on any atom is -0.491 e. The van der Waals surface area contributed by atoms with E-state index in [9.17, 15) is 9.50 Å². The molecule has 0 aromatic heterocycles. The average molecular weight is 227 g/mol. The van der Waals surface area contributed by atoms with E-state index in [0.717, 1.165) is 0 Å². The predicted molar refractivity (Wildman–Crippen MR) is 61.1 cm³/mol. The van der Waals surface area contributed by atoms with E-state index in [-0.39, 0.29) is 11.8 Å². The fourth-order valence-electron chi connectivity index (χ4n) is 1.42. The molecule has 2 N–H and O–H groups in total. The van der Waals surface area contributed by atoms with E-state index < -0.39 is 11.9 Å². The number of rotatable bonds is 5. The summed E-state index contributed by atoms with van der Waals surface area (Å²) < 4.78 is 18.6. The maximum absolute atomic E-state index is 13.5. The highest BCUT2D eigenvalue weighted by atomic mass is 19.1. The summed E-state index contributed by atoms with van der Waals surface area (Å²) in [5, 5.41) is 12.8. The molecule has 90 valence electrons. The van der Waals surface area contributed by atoms with Gasteiger partial charge >= 0.3 is 0 Å². The SMILES string of the molecule is CCOc1ccc(C(O)C(C)NC)cc1F. The van der Waals surface area contributed by atoms with Gasteiger partial charge in [0.25, 0.3) is 0 Å². The number of halogens is 1. The minimum atomic E-state index is -0.727. The lowest BCUT2D eigenvalue weighted by Crippen LogP contribution is -2.28. The monoisotopic (exact) mass is 227 g/mol. The Morgan fingerprint density at radius 2 is 2.19 bits per heavy atom. The van der Waals surface area contributed by atoms with Crippen molar-refractivity contribution in [3.05, 3.63) is 29.6 Å². The van der Waals surface area contributed by atoms with Crippen molar-refractivity contribution in [2.24, 2.45) is 0 Å². The van der Waals surface area contributed by atoms with E-state index in [2.05, 4.69) is 5.32 Å². The molecule has 0 amide bonds. The van der Waals surface area contributed by atoms with Crippen molar-refractivity contribution >= 4 is 0 Å². The van der Waals surface area contributed by atoms with Crippen LogP contribution in [0.25, 0.3) is 0 Å². The molecule has 4 heteroatoms. The first-order valence-corrected chi connectivity index (χ1v) is 5.37. The Hall–Kier alpha value is -1.13. The summed E-state index contributed by atoms with van der Waals surface area (Å²) in [5.74, 6) is -0.225. The Morgan fingerprint density at radius 1 is 1.50 bits per heavy atom. The van der Waals surface area contributed by atoms with Crippen molar-refractivity contribution in [3.63, 3.8) is 0 Å². The van der Waals surface area contributed by atoms with Gasteiger partial charge in [0, 0.05) is 6.04 Å². The third-order valence-electron chi connectivity index (χ3n) is 2.53. The van der Waals surface area contributed by atoms with Crippen molar-refractivity contribution in [2.75, 3.05) is 13.7 Å². The number of likely N-dealkylation sites (N-methyl/N-ethyl adjacent to an activating group) is 1. The van der Waals surface area contributed by atoms with Crippen molar-refractivity contribution in [1.82, 2.24) is 5.32 Å². The molecule has 0 aliphatic rings. The van der Waals surface area contributed by atoms with Crippen LogP contribution in [0.1, 0.15) is 25.5 Å². The molecule has 0 spiro atoms. The number of aliphatic hydroxyl groups is 1. The Balaban J connectivity index is 2.87. The summed E-state index contributed by atoms with van der Waals surface area (Å²) in [6.45, 7) is 4.05. The van der Waals surface area contributed by atoms with E-state index in [1.807, 2.05) is 6.92 Å². The zero-order valence-corrected chi connectivity index (χ0v) is 9.83. The van der Waals surface area contributed by atoms with Crippen LogP contribution >= 0.6 is 0 Å². The third kappa shape index (κ3) is 2.93. The zero-order valence-electron chi connectivity index (χ0n) is 9.83. The largest absolute Gasteiger partial charge is 0.491 e.